The maximum Gasteiger partial charge on any atom is 0.307 e. The van der Waals surface area contributed by atoms with Crippen LogP contribution in [0.5, 0.6) is 0 Å². The Balaban J connectivity index is 2.64. The standard InChI is InChI=1S/C10H8ClNO2S/c1-5-12-8-4-7(11)2-6(3-9(13)14)10(8)15-5/h2,4H,3H2,1H3,(H,13,14). The number of nitrogens with zero attached hydrogens (tertiary/aromatic N) is 1. The number of hydrogen-bond acceptors (Lipinski definition) is 3. The van der Waals surface area contributed by atoms with Gasteiger partial charge in [0.25, 0.3) is 0 Å². The number of carboxylic acid groups (broad SMARTS) is 1. The zero-order valence-corrected chi connectivity index (χ0v) is 9.52. The third-order valence-corrected chi connectivity index (χ3v) is 3.26. The van der Waals surface area contributed by atoms with E-state index in [-0.39, 0.29) is 6.42 Å². The van der Waals surface area contributed by atoms with Gasteiger partial charge < -0.3 is 5.11 Å². The maximum absolute atomic E-state index is 10.7. The number of rotatable bonds is 2. The van der Waals surface area contributed by atoms with Crippen molar-refractivity contribution in [1.82, 2.24) is 4.98 Å². The number of halogens is 1. The number of aliphatic carboxylic acids is 1. The van der Waals surface area contributed by atoms with Crippen molar-refractivity contribution in [2.75, 3.05) is 0 Å². The minimum Gasteiger partial charge on any atom is -0.481 e. The lowest BCUT2D eigenvalue weighted by Crippen LogP contribution is -1.99. The largest absolute Gasteiger partial charge is 0.481 e. The van der Waals surface area contributed by atoms with Crippen LogP contribution in [0.1, 0.15) is 10.6 Å². The quantitative estimate of drug-likeness (QED) is 0.880. The SMILES string of the molecule is Cc1nc2cc(Cl)cc(CC(=O)O)c2s1. The van der Waals surface area contributed by atoms with E-state index in [9.17, 15) is 4.79 Å². The van der Waals surface area contributed by atoms with Crippen molar-refractivity contribution in [3.05, 3.63) is 27.7 Å². The summed E-state index contributed by atoms with van der Waals surface area (Å²) in [6.45, 7) is 1.89. The molecule has 1 heterocycles. The van der Waals surface area contributed by atoms with E-state index in [1.54, 1.807) is 12.1 Å². The van der Waals surface area contributed by atoms with E-state index in [2.05, 4.69) is 4.98 Å². The Morgan fingerprint density at radius 1 is 1.60 bits per heavy atom. The molecule has 3 nitrogen and oxygen atoms in total. The van der Waals surface area contributed by atoms with E-state index >= 15 is 0 Å². The lowest BCUT2D eigenvalue weighted by Gasteiger charge is -1.99. The summed E-state index contributed by atoms with van der Waals surface area (Å²) < 4.78 is 0.916. The number of fused-ring (bicyclic) bond motifs is 1. The van der Waals surface area contributed by atoms with Gasteiger partial charge in [0.1, 0.15) is 0 Å². The van der Waals surface area contributed by atoms with Crippen LogP contribution >= 0.6 is 22.9 Å². The molecule has 15 heavy (non-hydrogen) atoms. The summed E-state index contributed by atoms with van der Waals surface area (Å²) in [5.74, 6) is -0.857. The molecule has 0 aliphatic heterocycles. The fourth-order valence-corrected chi connectivity index (χ4v) is 2.62. The van der Waals surface area contributed by atoms with Gasteiger partial charge >= 0.3 is 5.97 Å². The fraction of sp³-hybridized carbons (Fsp3) is 0.200. The van der Waals surface area contributed by atoms with E-state index in [1.807, 2.05) is 6.92 Å². The predicted molar refractivity (Wildman–Crippen MR) is 60.7 cm³/mol. The number of hydrogen-bond donors (Lipinski definition) is 1. The minimum atomic E-state index is -0.857. The molecular weight excluding hydrogens is 234 g/mol. The van der Waals surface area contributed by atoms with Crippen molar-refractivity contribution in [2.45, 2.75) is 13.3 Å². The van der Waals surface area contributed by atoms with Crippen LogP contribution in [0.25, 0.3) is 10.2 Å². The molecule has 5 heteroatoms. The van der Waals surface area contributed by atoms with Gasteiger partial charge in [-0.05, 0) is 24.6 Å². The predicted octanol–water partition coefficient (Wildman–Crippen LogP) is 2.89. The molecule has 0 radical (unpaired) electrons. The second-order valence-electron chi connectivity index (χ2n) is 3.22. The molecule has 2 aromatic rings. The number of thiazole rings is 1. The molecule has 1 N–H and O–H groups in total. The molecule has 0 fully saturated rings. The van der Waals surface area contributed by atoms with Crippen molar-refractivity contribution < 1.29 is 9.90 Å². The van der Waals surface area contributed by atoms with Gasteiger partial charge in [0.15, 0.2) is 0 Å². The normalized spacial score (nSPS) is 10.8. The molecule has 0 spiro atoms. The summed E-state index contributed by atoms with van der Waals surface area (Å²) in [5, 5.41) is 10.2. The first kappa shape index (κ1) is 10.4. The second-order valence-corrected chi connectivity index (χ2v) is 4.86. The molecular formula is C10H8ClNO2S. The third-order valence-electron chi connectivity index (χ3n) is 1.98. The Labute approximate surface area is 95.3 Å². The zero-order valence-electron chi connectivity index (χ0n) is 7.95. The van der Waals surface area contributed by atoms with Crippen molar-refractivity contribution in [1.29, 1.82) is 0 Å². The zero-order chi connectivity index (χ0) is 11.0. The molecule has 0 aliphatic rings. The van der Waals surface area contributed by atoms with Crippen LogP contribution in [-0.2, 0) is 11.2 Å². The van der Waals surface area contributed by atoms with Crippen LogP contribution in [0.2, 0.25) is 5.02 Å². The molecule has 1 aromatic heterocycles. The van der Waals surface area contributed by atoms with Gasteiger partial charge in [0.2, 0.25) is 0 Å². The van der Waals surface area contributed by atoms with Crippen LogP contribution in [0.4, 0.5) is 0 Å². The maximum atomic E-state index is 10.7. The van der Waals surface area contributed by atoms with Gasteiger partial charge in [-0.25, -0.2) is 4.98 Å². The molecule has 2 rings (SSSR count). The Morgan fingerprint density at radius 2 is 2.33 bits per heavy atom. The molecule has 0 atom stereocenters. The van der Waals surface area contributed by atoms with Gasteiger partial charge in [-0.2, -0.15) is 0 Å². The Kier molecular flexibility index (Phi) is 2.63. The first-order valence-electron chi connectivity index (χ1n) is 4.33. The highest BCUT2D eigenvalue weighted by Crippen LogP contribution is 2.29. The van der Waals surface area contributed by atoms with Crippen molar-refractivity contribution in [3.63, 3.8) is 0 Å². The average molecular weight is 242 g/mol. The van der Waals surface area contributed by atoms with Gasteiger partial charge in [-0.15, -0.1) is 11.3 Å². The summed E-state index contributed by atoms with van der Waals surface area (Å²) in [7, 11) is 0. The van der Waals surface area contributed by atoms with Crippen molar-refractivity contribution in [2.24, 2.45) is 0 Å². The monoisotopic (exact) mass is 241 g/mol. The van der Waals surface area contributed by atoms with Gasteiger partial charge in [0, 0.05) is 5.02 Å². The second kappa shape index (κ2) is 3.79. The van der Waals surface area contributed by atoms with Gasteiger partial charge in [-0.3, -0.25) is 4.79 Å². The minimum absolute atomic E-state index is 0.0152. The average Bonchev–Trinajstić information content (AvgIpc) is 2.44. The summed E-state index contributed by atoms with van der Waals surface area (Å²) >= 11 is 7.38. The molecule has 0 unspecified atom stereocenters. The van der Waals surface area contributed by atoms with Crippen LogP contribution < -0.4 is 0 Å². The first-order chi connectivity index (χ1) is 7.06. The molecule has 0 saturated carbocycles. The number of carboxylic acids is 1. The van der Waals surface area contributed by atoms with E-state index < -0.39 is 5.97 Å². The highest BCUT2D eigenvalue weighted by atomic mass is 35.5. The van der Waals surface area contributed by atoms with Crippen molar-refractivity contribution >= 4 is 39.1 Å². The molecule has 0 aliphatic carbocycles. The lowest BCUT2D eigenvalue weighted by atomic mass is 10.1. The number of benzene rings is 1. The Hall–Kier alpha value is -1.13. The van der Waals surface area contributed by atoms with Crippen LogP contribution in [-0.4, -0.2) is 16.1 Å². The number of aryl methyl sites for hydroxylation is 1. The van der Waals surface area contributed by atoms with Crippen LogP contribution in [0.3, 0.4) is 0 Å². The smallest absolute Gasteiger partial charge is 0.307 e. The molecule has 0 saturated heterocycles. The van der Waals surface area contributed by atoms with E-state index in [1.165, 1.54) is 11.3 Å². The first-order valence-corrected chi connectivity index (χ1v) is 5.53. The van der Waals surface area contributed by atoms with E-state index in [0.717, 1.165) is 20.8 Å². The van der Waals surface area contributed by atoms with Crippen LogP contribution in [0.15, 0.2) is 12.1 Å². The molecule has 78 valence electrons. The fourth-order valence-electron chi connectivity index (χ4n) is 1.47. The van der Waals surface area contributed by atoms with E-state index in [4.69, 9.17) is 16.7 Å². The van der Waals surface area contributed by atoms with Crippen LogP contribution in [0, 0.1) is 6.92 Å². The Bertz CT molecular complexity index is 535. The van der Waals surface area contributed by atoms with Gasteiger partial charge in [-0.1, -0.05) is 11.6 Å². The topological polar surface area (TPSA) is 50.2 Å². The van der Waals surface area contributed by atoms with Crippen molar-refractivity contribution in [3.8, 4) is 0 Å². The molecule has 0 amide bonds. The highest BCUT2D eigenvalue weighted by molar-refractivity contribution is 7.18. The molecule has 1 aromatic carbocycles. The van der Waals surface area contributed by atoms with Gasteiger partial charge in [0.05, 0.1) is 21.6 Å². The summed E-state index contributed by atoms with van der Waals surface area (Å²) in [6, 6.07) is 3.45. The third kappa shape index (κ3) is 2.11. The number of aromatic nitrogens is 1. The molecule has 0 bridgehead atoms. The van der Waals surface area contributed by atoms with E-state index in [0.29, 0.717) is 5.02 Å². The highest BCUT2D eigenvalue weighted by Gasteiger charge is 2.10. The number of carbonyl (C=O) groups is 1. The Morgan fingerprint density at radius 3 is 3.00 bits per heavy atom. The summed E-state index contributed by atoms with van der Waals surface area (Å²) in [5.41, 5.74) is 1.51. The lowest BCUT2D eigenvalue weighted by molar-refractivity contribution is -0.136. The summed E-state index contributed by atoms with van der Waals surface area (Å²) in [6.07, 6.45) is -0.0152. The summed E-state index contributed by atoms with van der Waals surface area (Å²) in [4.78, 5) is 15.0.